The number of piperazine rings is 1. The normalized spacial score (nSPS) is 19.4. The number of carboxylic acids is 1. The number of nitrogens with zero attached hydrogens (tertiary/aromatic N) is 3. The fourth-order valence-corrected chi connectivity index (χ4v) is 6.53. The summed E-state index contributed by atoms with van der Waals surface area (Å²) in [7, 11) is -1.78. The fourth-order valence-electron chi connectivity index (χ4n) is 4.75. The molecule has 210 valence electrons. The SMILES string of the molecule is CN1CCN(C(=O)Oc2ccc(C[C@H](NC(=O)[C@@H]3CCCN3S(=O)(=O)Cc3ccccc3)C(=O)O)cc2)CC1. The smallest absolute Gasteiger partial charge is 0.415 e. The van der Waals surface area contributed by atoms with Crippen molar-refractivity contribution in [1.29, 1.82) is 0 Å². The molecule has 0 unspecified atom stereocenters. The molecule has 2 aliphatic heterocycles. The number of amides is 2. The summed E-state index contributed by atoms with van der Waals surface area (Å²) in [6, 6.07) is 12.9. The number of ether oxygens (including phenoxy) is 1. The van der Waals surface area contributed by atoms with Crippen molar-refractivity contribution in [2.45, 2.75) is 37.1 Å². The van der Waals surface area contributed by atoms with Crippen molar-refractivity contribution < 1.29 is 32.6 Å². The molecule has 2 N–H and O–H groups in total. The molecule has 2 saturated heterocycles. The van der Waals surface area contributed by atoms with Gasteiger partial charge in [0.2, 0.25) is 15.9 Å². The molecule has 39 heavy (non-hydrogen) atoms. The van der Waals surface area contributed by atoms with Gasteiger partial charge in [-0.1, -0.05) is 42.5 Å². The minimum atomic E-state index is -3.77. The first-order chi connectivity index (χ1) is 18.6. The molecule has 0 bridgehead atoms. The number of likely N-dealkylation sites (N-methyl/N-ethyl adjacent to an activating group) is 1. The van der Waals surface area contributed by atoms with Gasteiger partial charge in [0.15, 0.2) is 0 Å². The summed E-state index contributed by atoms with van der Waals surface area (Å²) in [5.74, 6) is -1.75. The summed E-state index contributed by atoms with van der Waals surface area (Å²) in [4.78, 5) is 41.2. The monoisotopic (exact) mass is 558 g/mol. The lowest BCUT2D eigenvalue weighted by Crippen LogP contribution is -2.51. The number of benzene rings is 2. The van der Waals surface area contributed by atoms with E-state index in [1.807, 2.05) is 7.05 Å². The Balaban J connectivity index is 1.35. The highest BCUT2D eigenvalue weighted by atomic mass is 32.2. The summed E-state index contributed by atoms with van der Waals surface area (Å²) in [5, 5.41) is 12.3. The van der Waals surface area contributed by atoms with Crippen LogP contribution in [-0.2, 0) is 31.8 Å². The predicted molar refractivity (Wildman–Crippen MR) is 144 cm³/mol. The van der Waals surface area contributed by atoms with Crippen molar-refractivity contribution in [2.24, 2.45) is 0 Å². The van der Waals surface area contributed by atoms with Gasteiger partial charge in [-0.05, 0) is 43.1 Å². The van der Waals surface area contributed by atoms with E-state index in [1.54, 1.807) is 59.5 Å². The third kappa shape index (κ3) is 7.55. The lowest BCUT2D eigenvalue weighted by molar-refractivity contribution is -0.142. The van der Waals surface area contributed by atoms with E-state index < -0.39 is 40.1 Å². The van der Waals surface area contributed by atoms with Gasteiger partial charge in [-0.25, -0.2) is 18.0 Å². The third-order valence-electron chi connectivity index (χ3n) is 7.00. The van der Waals surface area contributed by atoms with Gasteiger partial charge in [-0.2, -0.15) is 4.31 Å². The van der Waals surface area contributed by atoms with Crippen molar-refractivity contribution in [3.8, 4) is 5.75 Å². The molecule has 2 amide bonds. The molecule has 12 heteroatoms. The Bertz CT molecular complexity index is 1260. The topological polar surface area (TPSA) is 137 Å². The molecule has 2 aliphatic rings. The van der Waals surface area contributed by atoms with E-state index >= 15 is 0 Å². The Morgan fingerprint density at radius 1 is 0.974 bits per heavy atom. The van der Waals surface area contributed by atoms with Crippen LogP contribution in [0.1, 0.15) is 24.0 Å². The molecule has 2 aromatic carbocycles. The van der Waals surface area contributed by atoms with Crippen LogP contribution in [0.3, 0.4) is 0 Å². The Morgan fingerprint density at radius 2 is 1.64 bits per heavy atom. The Hall–Kier alpha value is -3.48. The standard InChI is InChI=1S/C27H34N4O7S/c1-29-14-16-30(17-15-29)27(35)38-22-11-9-20(10-12-22)18-23(26(33)34)28-25(32)24-8-5-13-31(24)39(36,37)19-21-6-3-2-4-7-21/h2-4,6-7,9-12,23-24H,5,8,13-19H2,1H3,(H,28,32)(H,33,34)/t23-,24-/m0/s1. The van der Waals surface area contributed by atoms with Gasteiger partial charge in [0.05, 0.1) is 5.75 Å². The molecule has 2 heterocycles. The van der Waals surface area contributed by atoms with Crippen LogP contribution in [0, 0.1) is 0 Å². The number of nitrogens with one attached hydrogen (secondary N) is 1. The van der Waals surface area contributed by atoms with Crippen molar-refractivity contribution in [1.82, 2.24) is 19.4 Å². The minimum Gasteiger partial charge on any atom is -0.480 e. The molecule has 4 rings (SSSR count). The Morgan fingerprint density at radius 3 is 2.28 bits per heavy atom. The van der Waals surface area contributed by atoms with Crippen LogP contribution in [0.15, 0.2) is 54.6 Å². The highest BCUT2D eigenvalue weighted by Gasteiger charge is 2.39. The molecule has 0 aliphatic carbocycles. The highest BCUT2D eigenvalue weighted by Crippen LogP contribution is 2.24. The minimum absolute atomic E-state index is 0.0166. The summed E-state index contributed by atoms with van der Waals surface area (Å²) in [6.45, 7) is 2.92. The van der Waals surface area contributed by atoms with E-state index in [9.17, 15) is 27.9 Å². The summed E-state index contributed by atoms with van der Waals surface area (Å²) in [6.07, 6.45) is 0.379. The third-order valence-corrected chi connectivity index (χ3v) is 8.85. The number of carboxylic acid groups (broad SMARTS) is 1. The van der Waals surface area contributed by atoms with Gasteiger partial charge >= 0.3 is 12.1 Å². The first-order valence-electron chi connectivity index (χ1n) is 12.9. The number of aliphatic carboxylic acids is 1. The van der Waals surface area contributed by atoms with E-state index in [1.165, 1.54) is 4.31 Å². The highest BCUT2D eigenvalue weighted by molar-refractivity contribution is 7.88. The van der Waals surface area contributed by atoms with Crippen molar-refractivity contribution in [2.75, 3.05) is 39.8 Å². The average molecular weight is 559 g/mol. The molecule has 11 nitrogen and oxygen atoms in total. The number of rotatable bonds is 9. The van der Waals surface area contributed by atoms with Crippen LogP contribution in [-0.4, -0.2) is 97.5 Å². The Kier molecular flexibility index (Phi) is 9.20. The first-order valence-corrected chi connectivity index (χ1v) is 14.5. The first kappa shape index (κ1) is 28.5. The zero-order valence-electron chi connectivity index (χ0n) is 21.9. The van der Waals surface area contributed by atoms with Crippen LogP contribution in [0.2, 0.25) is 0 Å². The van der Waals surface area contributed by atoms with Gasteiger partial charge in [0, 0.05) is 39.1 Å². The van der Waals surface area contributed by atoms with E-state index in [0.717, 1.165) is 13.1 Å². The van der Waals surface area contributed by atoms with Crippen LogP contribution in [0.4, 0.5) is 4.79 Å². The molecule has 0 aromatic heterocycles. The molecule has 2 aromatic rings. The fraction of sp³-hybridized carbons (Fsp3) is 0.444. The number of hydrogen-bond donors (Lipinski definition) is 2. The van der Waals surface area contributed by atoms with Crippen molar-refractivity contribution in [3.05, 3.63) is 65.7 Å². The maximum Gasteiger partial charge on any atom is 0.415 e. The Labute approximate surface area is 228 Å². The van der Waals surface area contributed by atoms with Crippen LogP contribution in [0.5, 0.6) is 5.75 Å². The van der Waals surface area contributed by atoms with Gasteiger partial charge in [-0.3, -0.25) is 4.79 Å². The van der Waals surface area contributed by atoms with Crippen LogP contribution < -0.4 is 10.1 Å². The molecule has 2 atom stereocenters. The molecule has 0 spiro atoms. The zero-order valence-corrected chi connectivity index (χ0v) is 22.7. The second-order valence-corrected chi connectivity index (χ2v) is 11.8. The summed E-state index contributed by atoms with van der Waals surface area (Å²) < 4.78 is 32.7. The zero-order chi connectivity index (χ0) is 28.0. The largest absolute Gasteiger partial charge is 0.480 e. The quantitative estimate of drug-likeness (QED) is 0.473. The molecule has 2 fully saturated rings. The average Bonchev–Trinajstić information content (AvgIpc) is 3.41. The molecule has 0 saturated carbocycles. The van der Waals surface area contributed by atoms with Crippen molar-refractivity contribution >= 4 is 28.0 Å². The van der Waals surface area contributed by atoms with Crippen LogP contribution in [0.25, 0.3) is 0 Å². The molecule has 0 radical (unpaired) electrons. The van der Waals surface area contributed by atoms with E-state index in [-0.39, 0.29) is 18.7 Å². The lowest BCUT2D eigenvalue weighted by atomic mass is 10.1. The number of carbonyl (C=O) groups excluding carboxylic acids is 2. The number of carbonyl (C=O) groups is 3. The van der Waals surface area contributed by atoms with Gasteiger partial charge in [-0.15, -0.1) is 0 Å². The maximum absolute atomic E-state index is 13.1. The second-order valence-electron chi connectivity index (χ2n) is 9.92. The van der Waals surface area contributed by atoms with Crippen molar-refractivity contribution in [3.63, 3.8) is 0 Å². The second kappa shape index (κ2) is 12.6. The number of hydrogen-bond acceptors (Lipinski definition) is 7. The van der Waals surface area contributed by atoms with Gasteiger partial charge < -0.3 is 25.0 Å². The molecular weight excluding hydrogens is 524 g/mol. The lowest BCUT2D eigenvalue weighted by Gasteiger charge is -2.31. The maximum atomic E-state index is 13.1. The van der Waals surface area contributed by atoms with E-state index in [0.29, 0.717) is 42.8 Å². The van der Waals surface area contributed by atoms with Gasteiger partial charge in [0.1, 0.15) is 17.8 Å². The number of sulfonamides is 1. The van der Waals surface area contributed by atoms with E-state index in [4.69, 9.17) is 4.74 Å². The predicted octanol–water partition coefficient (Wildman–Crippen LogP) is 1.54. The summed E-state index contributed by atoms with van der Waals surface area (Å²) >= 11 is 0. The summed E-state index contributed by atoms with van der Waals surface area (Å²) in [5.41, 5.74) is 1.23. The van der Waals surface area contributed by atoms with Crippen LogP contribution >= 0.6 is 0 Å². The van der Waals surface area contributed by atoms with Gasteiger partial charge in [0.25, 0.3) is 0 Å². The van der Waals surface area contributed by atoms with E-state index in [2.05, 4.69) is 10.2 Å². The molecular formula is C27H34N4O7S.